The molecule has 0 bridgehead atoms. The van der Waals surface area contributed by atoms with Crippen molar-refractivity contribution in [3.05, 3.63) is 46.7 Å². The predicted molar refractivity (Wildman–Crippen MR) is 113 cm³/mol. The molecule has 1 aromatic carbocycles. The minimum Gasteiger partial charge on any atom is -0.364 e. The number of nitrogens with one attached hydrogen (secondary N) is 1. The van der Waals surface area contributed by atoms with Crippen LogP contribution >= 0.6 is 35.3 Å². The summed E-state index contributed by atoms with van der Waals surface area (Å²) in [5.41, 5.74) is 7.78. The van der Waals surface area contributed by atoms with Gasteiger partial charge >= 0.3 is 0 Å². The van der Waals surface area contributed by atoms with E-state index in [1.54, 1.807) is 0 Å². The third-order valence-corrected chi connectivity index (χ3v) is 6.27. The highest BCUT2D eigenvalue weighted by molar-refractivity contribution is 7.22. The number of benzene rings is 1. The Bertz CT molecular complexity index is 952. The molecule has 4 rings (SSSR count). The fourth-order valence-corrected chi connectivity index (χ4v) is 4.72. The molecule has 0 atom stereocenters. The van der Waals surface area contributed by atoms with Crippen LogP contribution in [-0.2, 0) is 6.42 Å². The number of amides is 1. The zero-order valence-corrected chi connectivity index (χ0v) is 17.0. The summed E-state index contributed by atoms with van der Waals surface area (Å²) in [7, 11) is 0. The predicted octanol–water partition coefficient (Wildman–Crippen LogP) is 4.07. The van der Waals surface area contributed by atoms with Gasteiger partial charge in [0.2, 0.25) is 0 Å². The second-order valence-corrected chi connectivity index (χ2v) is 8.11. The maximum Gasteiger partial charge on any atom is 0.270 e. The summed E-state index contributed by atoms with van der Waals surface area (Å²) in [6.07, 6.45) is 3.14. The molecule has 27 heavy (non-hydrogen) atoms. The molecule has 1 saturated heterocycles. The summed E-state index contributed by atoms with van der Waals surface area (Å²) in [5, 5.41) is 13.6. The number of hydrogen-bond donors (Lipinski definition) is 2. The van der Waals surface area contributed by atoms with E-state index in [0.717, 1.165) is 58.6 Å². The van der Waals surface area contributed by atoms with Crippen molar-refractivity contribution >= 4 is 51.3 Å². The molecule has 2 aromatic heterocycles. The highest BCUT2D eigenvalue weighted by Crippen LogP contribution is 2.37. The van der Waals surface area contributed by atoms with Crippen LogP contribution in [0.3, 0.4) is 0 Å². The number of rotatable bonds is 4. The Morgan fingerprint density at radius 3 is 2.59 bits per heavy atom. The summed E-state index contributed by atoms with van der Waals surface area (Å²) in [6, 6.07) is 9.78. The average Bonchev–Trinajstić information content (AvgIpc) is 3.09. The standard InChI is InChI=1S/C19H19ClN4OS.ClH/c20-13-3-1-12(2-4-13)16-10-14-15(9-11-5-7-22-8-6-11)23-24-17(19(21)25)18(14)26-16;/h1-4,10-11,22H,5-9H2,(H2,21,25);1H. The van der Waals surface area contributed by atoms with Gasteiger partial charge in [-0.1, -0.05) is 23.7 Å². The topological polar surface area (TPSA) is 80.9 Å². The molecule has 0 saturated carbocycles. The number of aromatic nitrogens is 2. The van der Waals surface area contributed by atoms with Crippen molar-refractivity contribution in [1.82, 2.24) is 15.5 Å². The van der Waals surface area contributed by atoms with Crippen molar-refractivity contribution in [3.8, 4) is 10.4 Å². The average molecular weight is 423 g/mol. The highest BCUT2D eigenvalue weighted by atomic mass is 35.5. The minimum atomic E-state index is -0.541. The summed E-state index contributed by atoms with van der Waals surface area (Å²) >= 11 is 7.52. The van der Waals surface area contributed by atoms with Crippen LogP contribution in [0, 0.1) is 5.92 Å². The lowest BCUT2D eigenvalue weighted by Gasteiger charge is -2.22. The lowest BCUT2D eigenvalue weighted by atomic mass is 9.92. The zero-order valence-electron chi connectivity index (χ0n) is 14.6. The third kappa shape index (κ3) is 4.24. The first-order valence-electron chi connectivity index (χ1n) is 8.67. The smallest absolute Gasteiger partial charge is 0.270 e. The van der Waals surface area contributed by atoms with E-state index in [-0.39, 0.29) is 18.1 Å². The van der Waals surface area contributed by atoms with Crippen LogP contribution < -0.4 is 11.1 Å². The Morgan fingerprint density at radius 1 is 1.22 bits per heavy atom. The van der Waals surface area contributed by atoms with Gasteiger partial charge in [0.1, 0.15) is 0 Å². The van der Waals surface area contributed by atoms with Gasteiger partial charge in [0.05, 0.1) is 10.4 Å². The number of hydrogen-bond acceptors (Lipinski definition) is 5. The number of thiophene rings is 1. The maximum absolute atomic E-state index is 11.8. The first-order chi connectivity index (χ1) is 12.6. The van der Waals surface area contributed by atoms with Crippen molar-refractivity contribution in [2.24, 2.45) is 11.7 Å². The lowest BCUT2D eigenvalue weighted by molar-refractivity contribution is 0.0996. The van der Waals surface area contributed by atoms with Gasteiger partial charge < -0.3 is 11.1 Å². The summed E-state index contributed by atoms with van der Waals surface area (Å²) in [6.45, 7) is 2.08. The number of nitrogens with two attached hydrogens (primary N) is 1. The van der Waals surface area contributed by atoms with Gasteiger partial charge in [-0.3, -0.25) is 4.79 Å². The molecule has 0 radical (unpaired) electrons. The van der Waals surface area contributed by atoms with E-state index in [4.69, 9.17) is 17.3 Å². The first kappa shape index (κ1) is 20.0. The van der Waals surface area contributed by atoms with Gasteiger partial charge in [-0.2, -0.15) is 5.10 Å². The fraction of sp³-hybridized carbons (Fsp3) is 0.316. The van der Waals surface area contributed by atoms with Crippen LogP contribution in [0.4, 0.5) is 0 Å². The van der Waals surface area contributed by atoms with Crippen LogP contribution in [-0.4, -0.2) is 29.2 Å². The molecule has 1 aliphatic heterocycles. The molecule has 0 aliphatic carbocycles. The molecule has 1 fully saturated rings. The largest absolute Gasteiger partial charge is 0.364 e. The molecule has 8 heteroatoms. The monoisotopic (exact) mass is 422 g/mol. The molecule has 1 aliphatic rings. The summed E-state index contributed by atoms with van der Waals surface area (Å²) in [5.74, 6) is 0.0486. The Hall–Kier alpha value is -1.73. The normalized spacial score (nSPS) is 14.9. The van der Waals surface area contributed by atoms with Crippen molar-refractivity contribution < 1.29 is 4.79 Å². The van der Waals surface area contributed by atoms with E-state index in [1.807, 2.05) is 24.3 Å². The Labute approximate surface area is 172 Å². The van der Waals surface area contributed by atoms with Crippen LogP contribution in [0.2, 0.25) is 5.02 Å². The van der Waals surface area contributed by atoms with E-state index >= 15 is 0 Å². The van der Waals surface area contributed by atoms with E-state index < -0.39 is 5.91 Å². The van der Waals surface area contributed by atoms with E-state index in [2.05, 4.69) is 21.6 Å². The van der Waals surface area contributed by atoms with Crippen molar-refractivity contribution in [1.29, 1.82) is 0 Å². The summed E-state index contributed by atoms with van der Waals surface area (Å²) < 4.78 is 0.821. The Kier molecular flexibility index (Phi) is 6.32. The van der Waals surface area contributed by atoms with Crippen molar-refractivity contribution in [3.63, 3.8) is 0 Å². The van der Waals surface area contributed by atoms with Gasteiger partial charge in [0.25, 0.3) is 5.91 Å². The number of nitrogens with zero attached hydrogens (tertiary/aromatic N) is 2. The van der Waals surface area contributed by atoms with E-state index in [0.29, 0.717) is 10.9 Å². The van der Waals surface area contributed by atoms with Crippen LogP contribution in [0.5, 0.6) is 0 Å². The number of primary amides is 1. The Balaban J connectivity index is 0.00000210. The second-order valence-electron chi connectivity index (χ2n) is 6.62. The molecule has 3 aromatic rings. The first-order valence-corrected chi connectivity index (χ1v) is 9.87. The molecule has 1 amide bonds. The fourth-order valence-electron chi connectivity index (χ4n) is 3.42. The van der Waals surface area contributed by atoms with Crippen molar-refractivity contribution in [2.45, 2.75) is 19.3 Å². The number of carbonyl (C=O) groups is 1. The van der Waals surface area contributed by atoms with Crippen LogP contribution in [0.25, 0.3) is 20.5 Å². The van der Waals surface area contributed by atoms with Gasteiger partial charge in [-0.05, 0) is 62.0 Å². The molecular weight excluding hydrogens is 403 g/mol. The molecular formula is C19H20Cl2N4OS. The molecule has 5 nitrogen and oxygen atoms in total. The minimum absolute atomic E-state index is 0. The number of piperidine rings is 1. The SMILES string of the molecule is Cl.NC(=O)c1nnc(CC2CCNCC2)c2cc(-c3ccc(Cl)cc3)sc12. The van der Waals surface area contributed by atoms with Crippen LogP contribution in [0.15, 0.2) is 30.3 Å². The highest BCUT2D eigenvalue weighted by Gasteiger charge is 2.21. The number of carbonyl (C=O) groups excluding carboxylic acids is 1. The van der Waals surface area contributed by atoms with Gasteiger partial charge in [0, 0.05) is 15.3 Å². The van der Waals surface area contributed by atoms with E-state index in [1.165, 1.54) is 11.3 Å². The number of halogens is 2. The third-order valence-electron chi connectivity index (χ3n) is 4.83. The number of fused-ring (bicyclic) bond motifs is 1. The molecule has 142 valence electrons. The van der Waals surface area contributed by atoms with Gasteiger partial charge in [0.15, 0.2) is 5.69 Å². The molecule has 3 N–H and O–H groups in total. The van der Waals surface area contributed by atoms with Crippen molar-refractivity contribution in [2.75, 3.05) is 13.1 Å². The Morgan fingerprint density at radius 2 is 1.93 bits per heavy atom. The second kappa shape index (κ2) is 8.52. The van der Waals surface area contributed by atoms with E-state index in [9.17, 15) is 4.79 Å². The van der Waals surface area contributed by atoms with Crippen LogP contribution in [0.1, 0.15) is 29.0 Å². The molecule has 0 spiro atoms. The maximum atomic E-state index is 11.8. The zero-order chi connectivity index (χ0) is 18.1. The quantitative estimate of drug-likeness (QED) is 0.663. The lowest BCUT2D eigenvalue weighted by Crippen LogP contribution is -2.29. The van der Waals surface area contributed by atoms with Gasteiger partial charge in [-0.15, -0.1) is 28.8 Å². The summed E-state index contributed by atoms with van der Waals surface area (Å²) in [4.78, 5) is 12.9. The van der Waals surface area contributed by atoms with Gasteiger partial charge in [-0.25, -0.2) is 0 Å². The molecule has 0 unspecified atom stereocenters. The molecule has 3 heterocycles.